The summed E-state index contributed by atoms with van der Waals surface area (Å²) in [5.41, 5.74) is 9.35. The smallest absolute Gasteiger partial charge is 0.269 e. The lowest BCUT2D eigenvalue weighted by atomic mass is 10.1. The molecule has 0 fully saturated rings. The molecule has 2 aromatic carbocycles. The van der Waals surface area contributed by atoms with Crippen molar-refractivity contribution in [1.29, 1.82) is 0 Å². The summed E-state index contributed by atoms with van der Waals surface area (Å²) in [6, 6.07) is 15.6. The van der Waals surface area contributed by atoms with Crippen LogP contribution in [-0.2, 0) is 13.1 Å². The number of hydrogen-bond acceptors (Lipinski definition) is 3. The topological polar surface area (TPSA) is 60.9 Å². The van der Waals surface area contributed by atoms with Gasteiger partial charge in [0.1, 0.15) is 0 Å². The summed E-state index contributed by atoms with van der Waals surface area (Å²) in [6.07, 6.45) is 1.37. The van der Waals surface area contributed by atoms with Crippen molar-refractivity contribution in [3.05, 3.63) is 76.2 Å². The number of para-hydroxylation sites is 2. The molecule has 0 spiro atoms. The number of benzene rings is 2. The first-order valence-corrected chi connectivity index (χ1v) is 6.50. The highest BCUT2D eigenvalue weighted by atomic mass is 16.1. The maximum Gasteiger partial charge on any atom is 0.269 e. The minimum absolute atomic E-state index is 0.0955. The first-order valence-electron chi connectivity index (χ1n) is 6.50. The van der Waals surface area contributed by atoms with Crippen molar-refractivity contribution in [2.75, 3.05) is 0 Å². The van der Waals surface area contributed by atoms with Gasteiger partial charge in [0.2, 0.25) is 0 Å². The van der Waals surface area contributed by atoms with Crippen molar-refractivity contribution in [2.45, 2.75) is 13.1 Å². The zero-order chi connectivity index (χ0) is 13.9. The van der Waals surface area contributed by atoms with Crippen LogP contribution in [0.1, 0.15) is 11.1 Å². The molecule has 3 aromatic rings. The van der Waals surface area contributed by atoms with Gasteiger partial charge in [-0.2, -0.15) is 0 Å². The minimum atomic E-state index is -0.0955. The third-order valence-electron chi connectivity index (χ3n) is 3.32. The van der Waals surface area contributed by atoms with Crippen molar-refractivity contribution in [1.82, 2.24) is 9.55 Å². The van der Waals surface area contributed by atoms with Gasteiger partial charge in [0, 0.05) is 6.54 Å². The predicted molar refractivity (Wildman–Crippen MR) is 79.4 cm³/mol. The molecule has 0 atom stereocenters. The molecule has 1 aromatic heterocycles. The lowest BCUT2D eigenvalue weighted by Gasteiger charge is -2.10. The molecule has 0 bridgehead atoms. The fourth-order valence-corrected chi connectivity index (χ4v) is 2.32. The molecule has 0 aliphatic heterocycles. The molecular weight excluding hydrogens is 250 g/mol. The molecule has 1 heterocycles. The van der Waals surface area contributed by atoms with Crippen molar-refractivity contribution in [2.24, 2.45) is 5.73 Å². The summed E-state index contributed by atoms with van der Waals surface area (Å²) < 4.78 is 1.73. The van der Waals surface area contributed by atoms with Gasteiger partial charge in [-0.05, 0) is 23.3 Å². The fraction of sp³-hybridized carbons (Fsp3) is 0.125. The lowest BCUT2D eigenvalue weighted by Crippen LogP contribution is -2.21. The Hall–Kier alpha value is -2.46. The molecule has 4 heteroatoms. The van der Waals surface area contributed by atoms with Gasteiger partial charge in [-0.25, -0.2) is 4.98 Å². The average Bonchev–Trinajstić information content (AvgIpc) is 2.50. The molecule has 0 aliphatic rings. The van der Waals surface area contributed by atoms with E-state index in [2.05, 4.69) is 4.98 Å². The largest absolute Gasteiger partial charge is 0.326 e. The molecule has 3 rings (SSSR count). The number of fused-ring (bicyclic) bond motifs is 1. The van der Waals surface area contributed by atoms with E-state index in [-0.39, 0.29) is 5.56 Å². The van der Waals surface area contributed by atoms with Crippen LogP contribution in [0.2, 0.25) is 0 Å². The monoisotopic (exact) mass is 265 g/mol. The molecule has 20 heavy (non-hydrogen) atoms. The first-order chi connectivity index (χ1) is 9.78. The summed E-state index contributed by atoms with van der Waals surface area (Å²) in [5, 5.41) is 0. The van der Waals surface area contributed by atoms with Crippen LogP contribution in [-0.4, -0.2) is 9.55 Å². The highest BCUT2D eigenvalue weighted by Crippen LogP contribution is 2.11. The summed E-state index contributed by atoms with van der Waals surface area (Å²) >= 11 is 0. The number of nitrogens with zero attached hydrogens (tertiary/aromatic N) is 2. The summed E-state index contributed by atoms with van der Waals surface area (Å²) in [4.78, 5) is 16.2. The molecule has 0 unspecified atom stereocenters. The Morgan fingerprint density at radius 2 is 1.85 bits per heavy atom. The Morgan fingerprint density at radius 3 is 2.70 bits per heavy atom. The van der Waals surface area contributed by atoms with E-state index in [1.165, 1.54) is 6.20 Å². The fourth-order valence-electron chi connectivity index (χ4n) is 2.32. The highest BCUT2D eigenvalue weighted by Gasteiger charge is 2.04. The van der Waals surface area contributed by atoms with Crippen LogP contribution in [0.3, 0.4) is 0 Å². The van der Waals surface area contributed by atoms with E-state index >= 15 is 0 Å². The number of nitrogens with two attached hydrogens (primary N) is 1. The van der Waals surface area contributed by atoms with Gasteiger partial charge in [-0.15, -0.1) is 0 Å². The Kier molecular flexibility index (Phi) is 3.31. The van der Waals surface area contributed by atoms with Crippen LogP contribution < -0.4 is 11.3 Å². The van der Waals surface area contributed by atoms with E-state index < -0.39 is 0 Å². The predicted octanol–water partition coefficient (Wildman–Crippen LogP) is 1.90. The number of aromatic nitrogens is 2. The van der Waals surface area contributed by atoms with Gasteiger partial charge in [0.25, 0.3) is 5.56 Å². The SMILES string of the molecule is NCc1cccc(Cn2c(=O)cnc3ccccc32)c1. The molecule has 0 radical (unpaired) electrons. The Morgan fingerprint density at radius 1 is 1.05 bits per heavy atom. The average molecular weight is 265 g/mol. The van der Waals surface area contributed by atoms with Gasteiger partial charge in [-0.3, -0.25) is 4.79 Å². The van der Waals surface area contributed by atoms with E-state index in [9.17, 15) is 4.79 Å². The Bertz CT molecular complexity index is 808. The zero-order valence-corrected chi connectivity index (χ0v) is 11.0. The quantitative estimate of drug-likeness (QED) is 0.786. The van der Waals surface area contributed by atoms with Crippen molar-refractivity contribution < 1.29 is 0 Å². The second-order valence-corrected chi connectivity index (χ2v) is 4.70. The highest BCUT2D eigenvalue weighted by molar-refractivity contribution is 5.74. The summed E-state index contributed by atoms with van der Waals surface area (Å²) in [5.74, 6) is 0. The van der Waals surface area contributed by atoms with E-state index in [1.54, 1.807) is 4.57 Å². The molecule has 0 aliphatic carbocycles. The summed E-state index contributed by atoms with van der Waals surface area (Å²) in [7, 11) is 0. The number of hydrogen-bond donors (Lipinski definition) is 1. The molecular formula is C16H15N3O. The van der Waals surface area contributed by atoms with Gasteiger partial charge in [-0.1, -0.05) is 36.4 Å². The molecule has 0 saturated carbocycles. The lowest BCUT2D eigenvalue weighted by molar-refractivity contribution is 0.785. The molecule has 100 valence electrons. The van der Waals surface area contributed by atoms with Crippen LogP contribution in [0, 0.1) is 0 Å². The second-order valence-electron chi connectivity index (χ2n) is 4.70. The van der Waals surface area contributed by atoms with Crippen LogP contribution in [0.15, 0.2) is 59.5 Å². The molecule has 2 N–H and O–H groups in total. The standard InChI is InChI=1S/C16H15N3O/c17-9-12-4-3-5-13(8-12)11-19-15-7-2-1-6-14(15)18-10-16(19)20/h1-8,10H,9,11,17H2. The summed E-state index contributed by atoms with van der Waals surface area (Å²) in [6.45, 7) is 1.02. The van der Waals surface area contributed by atoms with Gasteiger partial charge in [0.15, 0.2) is 0 Å². The molecule has 0 amide bonds. The zero-order valence-electron chi connectivity index (χ0n) is 11.0. The van der Waals surface area contributed by atoms with E-state index in [4.69, 9.17) is 5.73 Å². The third-order valence-corrected chi connectivity index (χ3v) is 3.32. The van der Waals surface area contributed by atoms with E-state index in [1.807, 2.05) is 48.5 Å². The van der Waals surface area contributed by atoms with Crippen LogP contribution in [0.5, 0.6) is 0 Å². The Labute approximate surface area is 116 Å². The minimum Gasteiger partial charge on any atom is -0.326 e. The maximum absolute atomic E-state index is 12.1. The molecule has 0 saturated heterocycles. The van der Waals surface area contributed by atoms with Crippen molar-refractivity contribution >= 4 is 11.0 Å². The van der Waals surface area contributed by atoms with E-state index in [0.29, 0.717) is 13.1 Å². The number of rotatable bonds is 3. The van der Waals surface area contributed by atoms with Crippen molar-refractivity contribution in [3.63, 3.8) is 0 Å². The Balaban J connectivity index is 2.10. The normalized spacial score (nSPS) is 10.8. The van der Waals surface area contributed by atoms with E-state index in [0.717, 1.165) is 22.2 Å². The van der Waals surface area contributed by atoms with Crippen molar-refractivity contribution in [3.8, 4) is 0 Å². The van der Waals surface area contributed by atoms with Crippen LogP contribution in [0.4, 0.5) is 0 Å². The van der Waals surface area contributed by atoms with Gasteiger partial charge >= 0.3 is 0 Å². The first kappa shape index (κ1) is 12.6. The van der Waals surface area contributed by atoms with Crippen LogP contribution >= 0.6 is 0 Å². The van der Waals surface area contributed by atoms with Crippen LogP contribution in [0.25, 0.3) is 11.0 Å². The maximum atomic E-state index is 12.1. The van der Waals surface area contributed by atoms with Gasteiger partial charge in [0.05, 0.1) is 23.8 Å². The third kappa shape index (κ3) is 2.33. The molecule has 4 nitrogen and oxygen atoms in total. The second kappa shape index (κ2) is 5.27. The van der Waals surface area contributed by atoms with Gasteiger partial charge < -0.3 is 10.3 Å².